The molecule has 0 bridgehead atoms. The largest absolute Gasteiger partial charge is 0.481 e. The van der Waals surface area contributed by atoms with Gasteiger partial charge in [0.25, 0.3) is 0 Å². The molecule has 1 rings (SSSR count). The van der Waals surface area contributed by atoms with Crippen LogP contribution in [0.2, 0.25) is 0 Å². The second-order valence-corrected chi connectivity index (χ2v) is 3.52. The van der Waals surface area contributed by atoms with Gasteiger partial charge in [0.05, 0.1) is 19.1 Å². The fourth-order valence-corrected chi connectivity index (χ4v) is 1.47. The van der Waals surface area contributed by atoms with Crippen molar-refractivity contribution in [2.75, 3.05) is 14.2 Å². The minimum atomic E-state index is -4.36. The Hall–Kier alpha value is -1.11. The van der Waals surface area contributed by atoms with Crippen LogP contribution in [-0.4, -0.2) is 24.7 Å². The van der Waals surface area contributed by atoms with Crippen LogP contribution in [0, 0.1) is 0 Å². The van der Waals surface area contributed by atoms with Gasteiger partial charge in [0.1, 0.15) is 0 Å². The van der Waals surface area contributed by atoms with Crippen LogP contribution in [0.25, 0.3) is 0 Å². The minimum absolute atomic E-state index is 0.0919. The summed E-state index contributed by atoms with van der Waals surface area (Å²) in [4.78, 5) is 3.64. The molecular weight excluding hydrogens is 231 g/mol. The maximum Gasteiger partial charge on any atom is 0.446 e. The van der Waals surface area contributed by atoms with Gasteiger partial charge in [-0.3, -0.25) is 0 Å². The number of thioether (sulfide) groups is 1. The third-order valence-corrected chi connectivity index (χ3v) is 2.19. The van der Waals surface area contributed by atoms with Gasteiger partial charge in [-0.15, -0.1) is 0 Å². The standard InChI is InChI=1S/C8H8F3NO2S/c1-13-6-4-3-5(7(12-6)14-2)15-8(9,10)11/h3-4H,1-2H3. The molecule has 0 unspecified atom stereocenters. The molecule has 15 heavy (non-hydrogen) atoms. The van der Waals surface area contributed by atoms with E-state index in [-0.39, 0.29) is 28.4 Å². The first-order valence-corrected chi connectivity index (χ1v) is 4.62. The SMILES string of the molecule is COc1ccc(SC(F)(F)F)c(OC)n1. The van der Waals surface area contributed by atoms with Crippen molar-refractivity contribution >= 4 is 11.8 Å². The number of methoxy groups -OCH3 is 2. The van der Waals surface area contributed by atoms with E-state index in [2.05, 4.69) is 4.98 Å². The molecular formula is C8H8F3NO2S. The summed E-state index contributed by atoms with van der Waals surface area (Å²) in [6, 6.07) is 2.60. The van der Waals surface area contributed by atoms with Crippen molar-refractivity contribution in [3.8, 4) is 11.8 Å². The van der Waals surface area contributed by atoms with Crippen LogP contribution in [0.15, 0.2) is 17.0 Å². The van der Waals surface area contributed by atoms with E-state index in [0.717, 1.165) is 0 Å². The first-order valence-electron chi connectivity index (χ1n) is 3.81. The van der Waals surface area contributed by atoms with Crippen LogP contribution in [0.1, 0.15) is 0 Å². The van der Waals surface area contributed by atoms with Crippen LogP contribution in [-0.2, 0) is 0 Å². The summed E-state index contributed by atoms with van der Waals surface area (Å²) >= 11 is -0.272. The lowest BCUT2D eigenvalue weighted by Crippen LogP contribution is -2.01. The Balaban J connectivity index is 2.97. The van der Waals surface area contributed by atoms with Gasteiger partial charge >= 0.3 is 5.51 Å². The molecule has 1 aromatic rings. The molecule has 3 nitrogen and oxygen atoms in total. The van der Waals surface area contributed by atoms with Crippen molar-refractivity contribution in [3.05, 3.63) is 12.1 Å². The van der Waals surface area contributed by atoms with Gasteiger partial charge in [-0.25, -0.2) is 0 Å². The molecule has 0 amide bonds. The molecule has 1 aromatic heterocycles. The van der Waals surface area contributed by atoms with E-state index in [1.165, 1.54) is 26.4 Å². The Morgan fingerprint density at radius 1 is 1.20 bits per heavy atom. The van der Waals surface area contributed by atoms with Crippen molar-refractivity contribution in [1.82, 2.24) is 4.98 Å². The van der Waals surface area contributed by atoms with Gasteiger partial charge in [-0.05, 0) is 17.8 Å². The fourth-order valence-electron chi connectivity index (χ4n) is 0.873. The molecule has 0 fully saturated rings. The van der Waals surface area contributed by atoms with E-state index >= 15 is 0 Å². The first-order chi connectivity index (χ1) is 6.96. The number of nitrogens with zero attached hydrogens (tertiary/aromatic N) is 1. The lowest BCUT2D eigenvalue weighted by molar-refractivity contribution is -0.0329. The van der Waals surface area contributed by atoms with Crippen LogP contribution in [0.4, 0.5) is 13.2 Å². The predicted molar refractivity (Wildman–Crippen MR) is 49.3 cm³/mol. The van der Waals surface area contributed by atoms with Crippen molar-refractivity contribution in [2.24, 2.45) is 0 Å². The smallest absolute Gasteiger partial charge is 0.446 e. The molecule has 0 aromatic carbocycles. The van der Waals surface area contributed by atoms with Gasteiger partial charge in [-0.2, -0.15) is 18.2 Å². The number of hydrogen-bond acceptors (Lipinski definition) is 4. The molecule has 0 N–H and O–H groups in total. The Labute approximate surface area is 88.6 Å². The predicted octanol–water partition coefficient (Wildman–Crippen LogP) is 2.71. The molecule has 0 aliphatic rings. The summed E-state index contributed by atoms with van der Waals surface area (Å²) in [5.41, 5.74) is -4.36. The zero-order chi connectivity index (χ0) is 11.5. The summed E-state index contributed by atoms with van der Waals surface area (Å²) in [7, 11) is 2.63. The molecule has 7 heteroatoms. The maximum atomic E-state index is 12.1. The lowest BCUT2D eigenvalue weighted by Gasteiger charge is -2.09. The van der Waals surface area contributed by atoms with Crippen LogP contribution >= 0.6 is 11.8 Å². The second kappa shape index (κ2) is 4.61. The molecule has 0 radical (unpaired) electrons. The van der Waals surface area contributed by atoms with Crippen molar-refractivity contribution < 1.29 is 22.6 Å². The van der Waals surface area contributed by atoms with Gasteiger partial charge < -0.3 is 9.47 Å². The highest BCUT2D eigenvalue weighted by atomic mass is 32.2. The molecule has 0 saturated carbocycles. The number of aromatic nitrogens is 1. The lowest BCUT2D eigenvalue weighted by atomic mass is 10.5. The van der Waals surface area contributed by atoms with E-state index < -0.39 is 5.51 Å². The van der Waals surface area contributed by atoms with E-state index in [4.69, 9.17) is 9.47 Å². The highest BCUT2D eigenvalue weighted by Gasteiger charge is 2.31. The van der Waals surface area contributed by atoms with E-state index in [1.54, 1.807) is 0 Å². The summed E-state index contributed by atoms with van der Waals surface area (Å²) in [5, 5.41) is 0. The highest BCUT2D eigenvalue weighted by Crippen LogP contribution is 2.41. The molecule has 0 atom stereocenters. The van der Waals surface area contributed by atoms with E-state index in [1.807, 2.05) is 0 Å². The quantitative estimate of drug-likeness (QED) is 0.759. The topological polar surface area (TPSA) is 31.4 Å². The zero-order valence-electron chi connectivity index (χ0n) is 7.96. The van der Waals surface area contributed by atoms with Crippen molar-refractivity contribution in [1.29, 1.82) is 0 Å². The van der Waals surface area contributed by atoms with Crippen LogP contribution in [0.3, 0.4) is 0 Å². The summed E-state index contributed by atoms with van der Waals surface area (Å²) in [6.07, 6.45) is 0. The molecule has 0 aliphatic carbocycles. The number of halogens is 3. The Bertz CT molecular complexity index is 343. The van der Waals surface area contributed by atoms with Crippen LogP contribution in [0.5, 0.6) is 11.8 Å². The van der Waals surface area contributed by atoms with E-state index in [0.29, 0.717) is 0 Å². The maximum absolute atomic E-state index is 12.1. The average Bonchev–Trinajstić information content (AvgIpc) is 2.16. The number of ether oxygens (including phenoxy) is 2. The fraction of sp³-hybridized carbons (Fsp3) is 0.375. The van der Waals surface area contributed by atoms with Gasteiger partial charge in [0, 0.05) is 6.07 Å². The van der Waals surface area contributed by atoms with E-state index in [9.17, 15) is 13.2 Å². The van der Waals surface area contributed by atoms with Crippen molar-refractivity contribution in [2.45, 2.75) is 10.4 Å². The van der Waals surface area contributed by atoms with Gasteiger partial charge in [0.15, 0.2) is 0 Å². The zero-order valence-corrected chi connectivity index (χ0v) is 8.78. The normalized spacial score (nSPS) is 11.3. The number of hydrogen-bond donors (Lipinski definition) is 0. The first kappa shape index (κ1) is 12.0. The Morgan fingerprint density at radius 2 is 1.87 bits per heavy atom. The number of rotatable bonds is 3. The Morgan fingerprint density at radius 3 is 2.33 bits per heavy atom. The molecule has 1 heterocycles. The van der Waals surface area contributed by atoms with Crippen LogP contribution < -0.4 is 9.47 Å². The molecule has 0 saturated heterocycles. The third-order valence-electron chi connectivity index (χ3n) is 1.43. The summed E-state index contributed by atoms with van der Waals surface area (Å²) < 4.78 is 45.7. The molecule has 0 spiro atoms. The third kappa shape index (κ3) is 3.50. The average molecular weight is 239 g/mol. The summed E-state index contributed by atoms with van der Waals surface area (Å²) in [5.74, 6) is 0.107. The van der Waals surface area contributed by atoms with Gasteiger partial charge in [0.2, 0.25) is 11.8 Å². The second-order valence-electron chi connectivity index (χ2n) is 2.41. The molecule has 84 valence electrons. The van der Waals surface area contributed by atoms with Crippen molar-refractivity contribution in [3.63, 3.8) is 0 Å². The number of pyridine rings is 1. The Kier molecular flexibility index (Phi) is 3.67. The highest BCUT2D eigenvalue weighted by molar-refractivity contribution is 8.00. The number of alkyl halides is 3. The minimum Gasteiger partial charge on any atom is -0.481 e. The molecule has 0 aliphatic heterocycles. The summed E-state index contributed by atoms with van der Waals surface area (Å²) in [6.45, 7) is 0. The van der Waals surface area contributed by atoms with Gasteiger partial charge in [-0.1, -0.05) is 0 Å². The monoisotopic (exact) mass is 239 g/mol.